The van der Waals surface area contributed by atoms with Gasteiger partial charge in [-0.3, -0.25) is 4.79 Å². The molecule has 1 atom stereocenters. The Kier molecular flexibility index (Phi) is 7.39. The van der Waals surface area contributed by atoms with Gasteiger partial charge in [0.2, 0.25) is 5.91 Å². The molecule has 0 fully saturated rings. The Morgan fingerprint density at radius 1 is 1.18 bits per heavy atom. The molecule has 4 nitrogen and oxygen atoms in total. The number of benzene rings is 1. The molecule has 1 rings (SSSR count). The van der Waals surface area contributed by atoms with Crippen molar-refractivity contribution in [2.24, 2.45) is 11.1 Å². The summed E-state index contributed by atoms with van der Waals surface area (Å²) in [5.74, 6) is 0.720. The van der Waals surface area contributed by atoms with Crippen molar-refractivity contribution >= 4 is 18.3 Å². The van der Waals surface area contributed by atoms with E-state index in [1.807, 2.05) is 45.0 Å². The summed E-state index contributed by atoms with van der Waals surface area (Å²) in [6.07, 6.45) is 0. The third kappa shape index (κ3) is 5.50. The normalized spacial score (nSPS) is 13.0. The van der Waals surface area contributed by atoms with Gasteiger partial charge in [-0.2, -0.15) is 0 Å². The van der Waals surface area contributed by atoms with Crippen molar-refractivity contribution in [1.82, 2.24) is 5.32 Å². The Balaban J connectivity index is 0.00000441. The van der Waals surface area contributed by atoms with E-state index in [0.29, 0.717) is 6.54 Å². The molecular weight excluding hydrogens is 300 g/mol. The molecule has 1 amide bonds. The number of nitrogens with one attached hydrogen (secondary N) is 1. The molecule has 3 N–H and O–H groups in total. The maximum absolute atomic E-state index is 12.1. The van der Waals surface area contributed by atoms with Gasteiger partial charge < -0.3 is 15.8 Å². The summed E-state index contributed by atoms with van der Waals surface area (Å²) < 4.78 is 5.16. The Morgan fingerprint density at radius 3 is 2.09 bits per heavy atom. The predicted octanol–water partition coefficient (Wildman–Crippen LogP) is 2.88. The number of rotatable bonds is 5. The molecule has 0 saturated heterocycles. The summed E-state index contributed by atoms with van der Waals surface area (Å²) in [6, 6.07) is 7.40. The van der Waals surface area contributed by atoms with Crippen LogP contribution in [0.25, 0.3) is 0 Å². The fourth-order valence-electron chi connectivity index (χ4n) is 1.96. The Labute approximate surface area is 140 Å². The molecule has 0 aliphatic heterocycles. The fourth-order valence-corrected chi connectivity index (χ4v) is 1.96. The zero-order valence-electron chi connectivity index (χ0n) is 14.4. The summed E-state index contributed by atoms with van der Waals surface area (Å²) in [5.41, 5.74) is 6.71. The molecule has 1 aromatic rings. The van der Waals surface area contributed by atoms with Gasteiger partial charge in [-0.25, -0.2) is 0 Å². The van der Waals surface area contributed by atoms with E-state index in [4.69, 9.17) is 10.5 Å². The molecule has 0 heterocycles. The largest absolute Gasteiger partial charge is 0.497 e. The van der Waals surface area contributed by atoms with Crippen LogP contribution >= 0.6 is 12.4 Å². The molecule has 5 heteroatoms. The third-order valence-electron chi connectivity index (χ3n) is 3.79. The van der Waals surface area contributed by atoms with Crippen molar-refractivity contribution < 1.29 is 9.53 Å². The molecule has 0 aromatic heterocycles. The highest BCUT2D eigenvalue weighted by atomic mass is 35.5. The van der Waals surface area contributed by atoms with Crippen LogP contribution in [-0.4, -0.2) is 25.6 Å². The topological polar surface area (TPSA) is 64.3 Å². The lowest BCUT2D eigenvalue weighted by molar-refractivity contribution is -0.124. The lowest BCUT2D eigenvalue weighted by atomic mass is 9.83. The molecule has 0 spiro atoms. The molecule has 0 unspecified atom stereocenters. The molecule has 1 aromatic carbocycles. The first kappa shape index (κ1) is 20.7. The number of nitrogens with two attached hydrogens (primary N) is 1. The van der Waals surface area contributed by atoms with Gasteiger partial charge in [0.25, 0.3) is 0 Å². The Bertz CT molecular complexity index is 478. The minimum atomic E-state index is -0.510. The molecular formula is C17H29ClN2O2. The van der Waals surface area contributed by atoms with Crippen molar-refractivity contribution in [2.75, 3.05) is 13.7 Å². The second kappa shape index (κ2) is 7.84. The average Bonchev–Trinajstić information content (AvgIpc) is 2.43. The predicted molar refractivity (Wildman–Crippen MR) is 93.7 cm³/mol. The van der Waals surface area contributed by atoms with E-state index < -0.39 is 6.04 Å². The fraction of sp³-hybridized carbons (Fsp3) is 0.588. The molecule has 0 bridgehead atoms. The maximum atomic E-state index is 12.1. The summed E-state index contributed by atoms with van der Waals surface area (Å²) in [5, 5.41) is 2.96. The maximum Gasteiger partial charge on any atom is 0.237 e. The third-order valence-corrected chi connectivity index (χ3v) is 3.79. The molecule has 0 radical (unpaired) electrons. The van der Waals surface area contributed by atoms with E-state index in [0.717, 1.165) is 11.3 Å². The van der Waals surface area contributed by atoms with Crippen LogP contribution in [0.5, 0.6) is 5.75 Å². The number of halogens is 1. The van der Waals surface area contributed by atoms with Crippen molar-refractivity contribution in [3.8, 4) is 5.75 Å². The van der Waals surface area contributed by atoms with E-state index >= 15 is 0 Å². The van der Waals surface area contributed by atoms with Crippen LogP contribution in [0.1, 0.15) is 40.2 Å². The SMILES string of the molecule is COc1ccc(C(C)(C)CNC(=O)[C@@H](N)C(C)(C)C)cc1.Cl. The zero-order chi connectivity index (χ0) is 16.3. The quantitative estimate of drug-likeness (QED) is 0.873. The van der Waals surface area contributed by atoms with Crippen molar-refractivity contribution in [2.45, 2.75) is 46.1 Å². The van der Waals surface area contributed by atoms with E-state index in [1.165, 1.54) is 0 Å². The minimum absolute atomic E-state index is 0. The summed E-state index contributed by atoms with van der Waals surface area (Å²) >= 11 is 0. The van der Waals surface area contributed by atoms with Crippen LogP contribution in [0, 0.1) is 5.41 Å². The molecule has 22 heavy (non-hydrogen) atoms. The second-order valence-electron chi connectivity index (χ2n) is 7.17. The molecule has 126 valence electrons. The van der Waals surface area contributed by atoms with Gasteiger partial charge in [0.05, 0.1) is 13.2 Å². The van der Waals surface area contributed by atoms with Crippen LogP contribution in [0.2, 0.25) is 0 Å². The lowest BCUT2D eigenvalue weighted by Gasteiger charge is -2.30. The van der Waals surface area contributed by atoms with Gasteiger partial charge in [-0.1, -0.05) is 46.8 Å². The monoisotopic (exact) mass is 328 g/mol. The van der Waals surface area contributed by atoms with Crippen LogP contribution < -0.4 is 15.8 Å². The van der Waals surface area contributed by atoms with Gasteiger partial charge in [0, 0.05) is 12.0 Å². The summed E-state index contributed by atoms with van der Waals surface area (Å²) in [7, 11) is 1.65. The van der Waals surface area contributed by atoms with Gasteiger partial charge in [0.15, 0.2) is 0 Å². The molecule has 0 aliphatic carbocycles. The van der Waals surface area contributed by atoms with Gasteiger partial charge in [-0.15, -0.1) is 12.4 Å². The number of amides is 1. The van der Waals surface area contributed by atoms with Crippen LogP contribution in [0.3, 0.4) is 0 Å². The first-order valence-corrected chi connectivity index (χ1v) is 7.26. The molecule has 0 aliphatic rings. The van der Waals surface area contributed by atoms with Gasteiger partial charge in [0.1, 0.15) is 5.75 Å². The highest BCUT2D eigenvalue weighted by molar-refractivity contribution is 5.85. The van der Waals surface area contributed by atoms with Gasteiger partial charge in [-0.05, 0) is 23.1 Å². The summed E-state index contributed by atoms with van der Waals surface area (Å²) in [6.45, 7) is 10.6. The van der Waals surface area contributed by atoms with Gasteiger partial charge >= 0.3 is 0 Å². The van der Waals surface area contributed by atoms with E-state index in [-0.39, 0.29) is 29.1 Å². The first-order chi connectivity index (χ1) is 9.58. The number of hydrogen-bond acceptors (Lipinski definition) is 3. The van der Waals surface area contributed by atoms with Crippen LogP contribution in [0.15, 0.2) is 24.3 Å². The van der Waals surface area contributed by atoms with E-state index in [9.17, 15) is 4.79 Å². The van der Waals surface area contributed by atoms with Crippen LogP contribution in [-0.2, 0) is 10.2 Å². The second-order valence-corrected chi connectivity index (χ2v) is 7.17. The number of hydrogen-bond donors (Lipinski definition) is 2. The minimum Gasteiger partial charge on any atom is -0.497 e. The van der Waals surface area contributed by atoms with Crippen molar-refractivity contribution in [1.29, 1.82) is 0 Å². The standard InChI is InChI=1S/C17H28N2O2.ClH/c1-16(2,3)14(18)15(20)19-11-17(4,5)12-7-9-13(21-6)10-8-12;/h7-10,14H,11,18H2,1-6H3,(H,19,20);1H/t14-;/m1./s1. The smallest absolute Gasteiger partial charge is 0.237 e. The van der Waals surface area contributed by atoms with Crippen molar-refractivity contribution in [3.05, 3.63) is 29.8 Å². The number of carbonyl (C=O) groups is 1. The average molecular weight is 329 g/mol. The van der Waals surface area contributed by atoms with Crippen molar-refractivity contribution in [3.63, 3.8) is 0 Å². The number of methoxy groups -OCH3 is 1. The number of carbonyl (C=O) groups excluding carboxylic acids is 1. The highest BCUT2D eigenvalue weighted by Crippen LogP contribution is 2.25. The highest BCUT2D eigenvalue weighted by Gasteiger charge is 2.29. The lowest BCUT2D eigenvalue weighted by Crippen LogP contribution is -2.50. The number of ether oxygens (including phenoxy) is 1. The van der Waals surface area contributed by atoms with E-state index in [1.54, 1.807) is 7.11 Å². The molecule has 0 saturated carbocycles. The van der Waals surface area contributed by atoms with Crippen LogP contribution in [0.4, 0.5) is 0 Å². The van der Waals surface area contributed by atoms with E-state index in [2.05, 4.69) is 19.2 Å². The zero-order valence-corrected chi connectivity index (χ0v) is 15.2. The Morgan fingerprint density at radius 2 is 1.68 bits per heavy atom. The Hall–Kier alpha value is -1.26. The summed E-state index contributed by atoms with van der Waals surface area (Å²) in [4.78, 5) is 12.1. The first-order valence-electron chi connectivity index (χ1n) is 7.26.